The van der Waals surface area contributed by atoms with Crippen molar-refractivity contribution in [1.29, 1.82) is 0 Å². The second-order valence-electron chi connectivity index (χ2n) is 2.68. The number of hydrogen-bond acceptors (Lipinski definition) is 4. The van der Waals surface area contributed by atoms with Gasteiger partial charge in [0, 0.05) is 7.05 Å². The number of aldehydes is 1. The van der Waals surface area contributed by atoms with E-state index in [0.29, 0.717) is 12.3 Å². The Morgan fingerprint density at radius 1 is 1.50 bits per heavy atom. The summed E-state index contributed by atoms with van der Waals surface area (Å²) in [6.07, 6.45) is 0.674. The molecule has 0 unspecified atom stereocenters. The van der Waals surface area contributed by atoms with Crippen LogP contribution in [0.15, 0.2) is 0 Å². The molecule has 0 atom stereocenters. The third kappa shape index (κ3) is 1.61. The molecular weight excluding hydrogens is 158 g/mol. The topological polar surface area (TPSA) is 57.0 Å². The first-order chi connectivity index (χ1) is 5.65. The summed E-state index contributed by atoms with van der Waals surface area (Å²) in [5.41, 5.74) is 0. The van der Waals surface area contributed by atoms with Gasteiger partial charge in [0.1, 0.15) is 0 Å². The van der Waals surface area contributed by atoms with Crippen molar-refractivity contribution in [3.8, 4) is 6.01 Å². The zero-order valence-corrected chi connectivity index (χ0v) is 7.31. The molecule has 0 radical (unpaired) electrons. The Kier molecular flexibility index (Phi) is 2.42. The van der Waals surface area contributed by atoms with E-state index in [4.69, 9.17) is 4.74 Å². The normalized spacial score (nSPS) is 10.3. The predicted molar refractivity (Wildman–Crippen MR) is 42.2 cm³/mol. The Morgan fingerprint density at radius 2 is 2.17 bits per heavy atom. The number of nitrogens with zero attached hydrogens (tertiary/aromatic N) is 3. The third-order valence-electron chi connectivity index (χ3n) is 1.32. The van der Waals surface area contributed by atoms with Gasteiger partial charge in [-0.15, -0.1) is 5.10 Å². The first kappa shape index (κ1) is 8.70. The maximum absolute atomic E-state index is 10.3. The van der Waals surface area contributed by atoms with Crippen LogP contribution >= 0.6 is 0 Å². The Hall–Kier alpha value is -1.39. The molecule has 1 aromatic rings. The van der Waals surface area contributed by atoms with Gasteiger partial charge in [0.15, 0.2) is 12.1 Å². The lowest BCUT2D eigenvalue weighted by atomic mass is 10.5. The van der Waals surface area contributed by atoms with Crippen LogP contribution < -0.4 is 4.74 Å². The van der Waals surface area contributed by atoms with Crippen LogP contribution in [0, 0.1) is 0 Å². The zero-order chi connectivity index (χ0) is 9.14. The third-order valence-corrected chi connectivity index (χ3v) is 1.32. The molecule has 0 aromatic carbocycles. The Balaban J connectivity index is 2.86. The summed E-state index contributed by atoms with van der Waals surface area (Å²) >= 11 is 0. The minimum absolute atomic E-state index is 0.0346. The fourth-order valence-corrected chi connectivity index (χ4v) is 0.742. The van der Waals surface area contributed by atoms with E-state index in [2.05, 4.69) is 10.2 Å². The highest BCUT2D eigenvalue weighted by atomic mass is 16.5. The van der Waals surface area contributed by atoms with Crippen molar-refractivity contribution < 1.29 is 9.53 Å². The molecule has 5 heteroatoms. The fraction of sp³-hybridized carbons (Fsp3) is 0.571. The first-order valence-electron chi connectivity index (χ1n) is 3.66. The zero-order valence-electron chi connectivity index (χ0n) is 7.31. The summed E-state index contributed by atoms with van der Waals surface area (Å²) in [7, 11) is 1.68. The fourth-order valence-electron chi connectivity index (χ4n) is 0.742. The molecule has 0 aliphatic rings. The van der Waals surface area contributed by atoms with Gasteiger partial charge in [-0.1, -0.05) is 5.10 Å². The van der Waals surface area contributed by atoms with Gasteiger partial charge in [-0.2, -0.15) is 0 Å². The predicted octanol–water partition coefficient (Wildman–Crippen LogP) is 0.415. The Morgan fingerprint density at radius 3 is 2.58 bits per heavy atom. The smallest absolute Gasteiger partial charge is 0.317 e. The summed E-state index contributed by atoms with van der Waals surface area (Å²) in [4.78, 5) is 10.3. The average molecular weight is 169 g/mol. The van der Waals surface area contributed by atoms with E-state index in [-0.39, 0.29) is 11.9 Å². The lowest BCUT2D eigenvalue weighted by molar-refractivity contribution is 0.111. The van der Waals surface area contributed by atoms with Gasteiger partial charge in [-0.05, 0) is 13.8 Å². The van der Waals surface area contributed by atoms with Gasteiger partial charge in [0.2, 0.25) is 0 Å². The van der Waals surface area contributed by atoms with Crippen LogP contribution in [-0.2, 0) is 7.05 Å². The standard InChI is InChI=1S/C7H11N3O2/c1-5(2)12-7-9-8-6(4-11)10(7)3/h4-5H,1-3H3. The number of hydrogen-bond donors (Lipinski definition) is 0. The molecule has 1 rings (SSSR count). The van der Waals surface area contributed by atoms with E-state index in [0.717, 1.165) is 0 Å². The number of rotatable bonds is 3. The van der Waals surface area contributed by atoms with Gasteiger partial charge in [-0.25, -0.2) is 0 Å². The summed E-state index contributed by atoms with van der Waals surface area (Å²) in [5.74, 6) is 0.269. The largest absolute Gasteiger partial charge is 0.461 e. The second kappa shape index (κ2) is 3.34. The maximum Gasteiger partial charge on any atom is 0.317 e. The minimum atomic E-state index is 0.0346. The van der Waals surface area contributed by atoms with Crippen LogP contribution in [0.1, 0.15) is 24.5 Å². The molecule has 0 N–H and O–H groups in total. The lowest BCUT2D eigenvalue weighted by Crippen LogP contribution is -2.10. The highest BCUT2D eigenvalue weighted by Gasteiger charge is 2.09. The molecule has 0 fully saturated rings. The molecule has 0 aliphatic carbocycles. The monoisotopic (exact) mass is 169 g/mol. The Bertz CT molecular complexity index is 280. The number of ether oxygens (including phenoxy) is 1. The maximum atomic E-state index is 10.3. The molecule has 0 aliphatic heterocycles. The highest BCUT2D eigenvalue weighted by Crippen LogP contribution is 2.07. The molecule has 0 saturated heterocycles. The second-order valence-corrected chi connectivity index (χ2v) is 2.68. The van der Waals surface area contributed by atoms with Crippen molar-refractivity contribution in [2.75, 3.05) is 0 Å². The van der Waals surface area contributed by atoms with Crippen LogP contribution in [0.5, 0.6) is 6.01 Å². The molecule has 66 valence electrons. The average Bonchev–Trinajstić information content (AvgIpc) is 2.32. The van der Waals surface area contributed by atoms with Gasteiger partial charge < -0.3 is 4.74 Å². The van der Waals surface area contributed by atoms with Crippen LogP contribution in [0.25, 0.3) is 0 Å². The number of carbonyl (C=O) groups excluding carboxylic acids is 1. The van der Waals surface area contributed by atoms with Gasteiger partial charge in [0.05, 0.1) is 6.10 Å². The van der Waals surface area contributed by atoms with Crippen LogP contribution in [-0.4, -0.2) is 27.2 Å². The summed E-state index contributed by atoms with van der Waals surface area (Å²) in [6.45, 7) is 3.77. The molecule has 0 saturated carbocycles. The number of carbonyl (C=O) groups is 1. The molecule has 0 amide bonds. The molecule has 1 heterocycles. The SMILES string of the molecule is CC(C)Oc1nnc(C=O)n1C. The summed E-state index contributed by atoms with van der Waals surface area (Å²) < 4.78 is 6.76. The molecule has 5 nitrogen and oxygen atoms in total. The lowest BCUT2D eigenvalue weighted by Gasteiger charge is -2.06. The van der Waals surface area contributed by atoms with E-state index < -0.39 is 0 Å². The summed E-state index contributed by atoms with van der Waals surface area (Å²) in [6, 6.07) is 0.368. The quantitative estimate of drug-likeness (QED) is 0.615. The van der Waals surface area contributed by atoms with Crippen molar-refractivity contribution in [3.63, 3.8) is 0 Å². The summed E-state index contributed by atoms with van der Waals surface area (Å²) in [5, 5.41) is 7.29. The van der Waals surface area contributed by atoms with E-state index in [1.807, 2.05) is 13.8 Å². The highest BCUT2D eigenvalue weighted by molar-refractivity contribution is 5.69. The molecule has 12 heavy (non-hydrogen) atoms. The van der Waals surface area contributed by atoms with E-state index in [9.17, 15) is 4.79 Å². The van der Waals surface area contributed by atoms with Crippen molar-refractivity contribution in [3.05, 3.63) is 5.82 Å². The van der Waals surface area contributed by atoms with Gasteiger partial charge in [-0.3, -0.25) is 9.36 Å². The van der Waals surface area contributed by atoms with E-state index >= 15 is 0 Å². The van der Waals surface area contributed by atoms with Gasteiger partial charge >= 0.3 is 6.01 Å². The van der Waals surface area contributed by atoms with Crippen LogP contribution in [0.3, 0.4) is 0 Å². The van der Waals surface area contributed by atoms with E-state index in [1.54, 1.807) is 7.05 Å². The van der Waals surface area contributed by atoms with Crippen LogP contribution in [0.4, 0.5) is 0 Å². The van der Waals surface area contributed by atoms with Crippen molar-refractivity contribution in [2.45, 2.75) is 20.0 Å². The molecule has 0 spiro atoms. The van der Waals surface area contributed by atoms with Crippen molar-refractivity contribution >= 4 is 6.29 Å². The number of aromatic nitrogens is 3. The molecule has 0 bridgehead atoms. The van der Waals surface area contributed by atoms with Crippen molar-refractivity contribution in [2.24, 2.45) is 7.05 Å². The molecule has 1 aromatic heterocycles. The van der Waals surface area contributed by atoms with Crippen molar-refractivity contribution in [1.82, 2.24) is 14.8 Å². The first-order valence-corrected chi connectivity index (χ1v) is 3.66. The molecular formula is C7H11N3O2. The van der Waals surface area contributed by atoms with E-state index in [1.165, 1.54) is 4.57 Å². The minimum Gasteiger partial charge on any atom is -0.461 e. The van der Waals surface area contributed by atoms with Crippen LogP contribution in [0.2, 0.25) is 0 Å². The Labute approximate surface area is 70.4 Å². The van der Waals surface area contributed by atoms with Gasteiger partial charge in [0.25, 0.3) is 0 Å².